The number of anilines is 1. The lowest BCUT2D eigenvalue weighted by Gasteiger charge is -2.38. The van der Waals surface area contributed by atoms with Crippen LogP contribution in [0.4, 0.5) is 5.69 Å². The smallest absolute Gasteiger partial charge is 0.149 e. The van der Waals surface area contributed by atoms with Gasteiger partial charge in [0.05, 0.1) is 12.7 Å². The van der Waals surface area contributed by atoms with Gasteiger partial charge in [-0.25, -0.2) is 0 Å². The maximum Gasteiger partial charge on any atom is 0.149 e. The number of nitrogens with zero attached hydrogens (tertiary/aromatic N) is 2. The first kappa shape index (κ1) is 23.3. The number of benzene rings is 2. The van der Waals surface area contributed by atoms with E-state index in [1.165, 1.54) is 43.2 Å². The minimum atomic E-state index is -0.0687. The van der Waals surface area contributed by atoms with Gasteiger partial charge in [0.2, 0.25) is 0 Å². The molecule has 1 aliphatic heterocycles. The zero-order valence-electron chi connectivity index (χ0n) is 19.1. The molecule has 0 saturated heterocycles. The van der Waals surface area contributed by atoms with Crippen LogP contribution < -0.4 is 21.4 Å². The summed E-state index contributed by atoms with van der Waals surface area (Å²) in [6, 6.07) is 14.1. The monoisotopic (exact) mass is 423 g/mol. The molecule has 2 aliphatic rings. The number of aryl methyl sites for hydroxylation is 2. The number of hydrogen-bond acceptors (Lipinski definition) is 5. The van der Waals surface area contributed by atoms with E-state index in [2.05, 4.69) is 46.8 Å². The fourth-order valence-electron chi connectivity index (χ4n) is 4.62. The van der Waals surface area contributed by atoms with Crippen LogP contribution in [0, 0.1) is 25.2 Å². The van der Waals surface area contributed by atoms with Crippen LogP contribution in [0.1, 0.15) is 48.8 Å². The van der Waals surface area contributed by atoms with Crippen molar-refractivity contribution in [2.45, 2.75) is 58.7 Å². The molecule has 1 fully saturated rings. The van der Waals surface area contributed by atoms with Crippen molar-refractivity contribution in [2.24, 2.45) is 17.5 Å². The number of para-hydroxylation sites is 1. The van der Waals surface area contributed by atoms with E-state index < -0.39 is 0 Å². The van der Waals surface area contributed by atoms with Crippen molar-refractivity contribution in [1.82, 2.24) is 4.90 Å². The van der Waals surface area contributed by atoms with Gasteiger partial charge in [-0.1, -0.05) is 55.2 Å². The molecule has 1 unspecified atom stereocenters. The van der Waals surface area contributed by atoms with Crippen molar-refractivity contribution in [3.63, 3.8) is 0 Å². The van der Waals surface area contributed by atoms with E-state index in [0.29, 0.717) is 18.3 Å². The van der Waals surface area contributed by atoms with E-state index in [4.69, 9.17) is 17.0 Å². The first-order chi connectivity index (χ1) is 14.9. The average Bonchev–Trinajstić information content (AvgIpc) is 2.88. The molecular formula is C25H37N5O. The van der Waals surface area contributed by atoms with E-state index in [0.717, 1.165) is 23.5 Å². The summed E-state index contributed by atoms with van der Waals surface area (Å²) in [6.07, 6.45) is 6.21. The van der Waals surface area contributed by atoms with Crippen LogP contribution in [0.15, 0.2) is 42.5 Å². The zero-order valence-corrected chi connectivity index (χ0v) is 19.1. The number of rotatable bonds is 3. The molecule has 1 heterocycles. The quantitative estimate of drug-likeness (QED) is 0.639. The lowest BCUT2D eigenvalue weighted by atomic mass is 9.86. The molecule has 31 heavy (non-hydrogen) atoms. The van der Waals surface area contributed by atoms with Gasteiger partial charge in [0.1, 0.15) is 11.6 Å². The highest BCUT2D eigenvalue weighted by atomic mass is 16.6. The number of fused-ring (bicyclic) bond motifs is 1. The van der Waals surface area contributed by atoms with Crippen LogP contribution in [0.3, 0.4) is 0 Å². The third kappa shape index (κ3) is 5.85. The second kappa shape index (κ2) is 10.8. The van der Waals surface area contributed by atoms with Crippen molar-refractivity contribution >= 4 is 11.5 Å². The zero-order chi connectivity index (χ0) is 22.4. The molecule has 1 saturated carbocycles. The average molecular weight is 424 g/mol. The Bertz CT molecular complexity index is 878. The highest BCUT2D eigenvalue weighted by Gasteiger charge is 2.31. The van der Waals surface area contributed by atoms with E-state index in [1.807, 2.05) is 31.2 Å². The largest absolute Gasteiger partial charge is 0.411 e. The molecule has 1 aliphatic carbocycles. The minimum Gasteiger partial charge on any atom is -0.411 e. The number of hydrogen-bond donors (Lipinski definition) is 3. The standard InChI is InChI=1S/C18H28N4.C7H9NO/c1-13-8-9-16-15(10-13)11-21(2)12-17(19)22(16)18(20)14-6-4-3-5-7-14;1-6-4-2-3-5-7(6)9-8/h8-10,14,18-19H,3-7,11-12,20H2,1-2H3;2-5H,8H2,1H3. The number of amidine groups is 1. The summed E-state index contributed by atoms with van der Waals surface area (Å²) in [4.78, 5) is 8.85. The predicted octanol–water partition coefficient (Wildman–Crippen LogP) is 4.34. The van der Waals surface area contributed by atoms with E-state index in [-0.39, 0.29) is 6.17 Å². The predicted molar refractivity (Wildman–Crippen MR) is 128 cm³/mol. The van der Waals surface area contributed by atoms with Crippen LogP contribution in [0.5, 0.6) is 5.75 Å². The summed E-state index contributed by atoms with van der Waals surface area (Å²) in [7, 11) is 2.08. The second-order valence-electron chi connectivity index (χ2n) is 8.89. The highest BCUT2D eigenvalue weighted by Crippen LogP contribution is 2.33. The molecule has 0 aromatic heterocycles. The molecule has 168 valence electrons. The fourth-order valence-corrected chi connectivity index (χ4v) is 4.62. The molecule has 6 heteroatoms. The van der Waals surface area contributed by atoms with Crippen LogP contribution in [-0.2, 0) is 6.54 Å². The molecule has 0 radical (unpaired) electrons. The first-order valence-electron chi connectivity index (χ1n) is 11.2. The van der Waals surface area contributed by atoms with E-state index >= 15 is 0 Å². The molecule has 6 nitrogen and oxygen atoms in total. The lowest BCUT2D eigenvalue weighted by Crippen LogP contribution is -2.52. The maximum absolute atomic E-state index is 8.55. The third-order valence-electron chi connectivity index (χ3n) is 6.30. The number of nitrogens with two attached hydrogens (primary N) is 2. The van der Waals surface area contributed by atoms with Gasteiger partial charge in [0.15, 0.2) is 0 Å². The Morgan fingerprint density at radius 2 is 1.74 bits per heavy atom. The summed E-state index contributed by atoms with van der Waals surface area (Å²) in [5.74, 6) is 6.82. The Morgan fingerprint density at radius 1 is 1.03 bits per heavy atom. The van der Waals surface area contributed by atoms with Gasteiger partial charge in [-0.2, -0.15) is 5.90 Å². The second-order valence-corrected chi connectivity index (χ2v) is 8.89. The lowest BCUT2D eigenvalue weighted by molar-refractivity contribution is 0.308. The van der Waals surface area contributed by atoms with Gasteiger partial charge in [0, 0.05) is 12.2 Å². The van der Waals surface area contributed by atoms with Gasteiger partial charge >= 0.3 is 0 Å². The van der Waals surface area contributed by atoms with Crippen LogP contribution >= 0.6 is 0 Å². The number of likely N-dealkylation sites (N-methyl/N-ethyl adjacent to an activating group) is 1. The van der Waals surface area contributed by atoms with Crippen molar-refractivity contribution in [3.05, 3.63) is 59.2 Å². The minimum absolute atomic E-state index is 0.0687. The van der Waals surface area contributed by atoms with Gasteiger partial charge in [-0.15, -0.1) is 0 Å². The summed E-state index contributed by atoms with van der Waals surface area (Å²) in [5, 5.41) is 8.55. The molecule has 2 aromatic carbocycles. The Hall–Kier alpha value is -2.41. The Morgan fingerprint density at radius 3 is 2.39 bits per heavy atom. The summed E-state index contributed by atoms with van der Waals surface area (Å²) >= 11 is 0. The van der Waals surface area contributed by atoms with Gasteiger partial charge in [-0.3, -0.25) is 10.3 Å². The summed E-state index contributed by atoms with van der Waals surface area (Å²) in [6.45, 7) is 5.62. The van der Waals surface area contributed by atoms with Crippen LogP contribution in [-0.4, -0.2) is 30.5 Å². The third-order valence-corrected chi connectivity index (χ3v) is 6.30. The van der Waals surface area contributed by atoms with E-state index in [1.54, 1.807) is 0 Å². The molecular weight excluding hydrogens is 386 g/mol. The molecule has 0 amide bonds. The molecule has 0 spiro atoms. The SMILES string of the molecule is Cc1ccc2c(c1)CN(C)CC(=N)N2C(N)C1CCCCC1.Cc1ccccc1ON. The Balaban J connectivity index is 0.000000254. The molecule has 5 N–H and O–H groups in total. The normalized spacial score (nSPS) is 18.5. The molecule has 4 rings (SSSR count). The number of nitrogens with one attached hydrogen (secondary N) is 1. The Labute approximate surface area is 186 Å². The van der Waals surface area contributed by atoms with Gasteiger partial charge < -0.3 is 15.5 Å². The van der Waals surface area contributed by atoms with Crippen molar-refractivity contribution in [3.8, 4) is 5.75 Å². The summed E-state index contributed by atoms with van der Waals surface area (Å²) in [5.41, 5.74) is 11.4. The van der Waals surface area contributed by atoms with Gasteiger partial charge in [-0.05, 0) is 62.9 Å². The topological polar surface area (TPSA) is 91.6 Å². The van der Waals surface area contributed by atoms with Crippen LogP contribution in [0.2, 0.25) is 0 Å². The highest BCUT2D eigenvalue weighted by molar-refractivity contribution is 5.98. The fraction of sp³-hybridized carbons (Fsp3) is 0.480. The first-order valence-corrected chi connectivity index (χ1v) is 11.2. The molecule has 2 aromatic rings. The maximum atomic E-state index is 8.55. The molecule has 1 atom stereocenters. The summed E-state index contributed by atoms with van der Waals surface area (Å²) < 4.78 is 0. The van der Waals surface area contributed by atoms with Crippen molar-refractivity contribution in [1.29, 1.82) is 5.41 Å². The van der Waals surface area contributed by atoms with Crippen LogP contribution in [0.25, 0.3) is 0 Å². The van der Waals surface area contributed by atoms with Gasteiger partial charge in [0.25, 0.3) is 0 Å². The molecule has 0 bridgehead atoms. The van der Waals surface area contributed by atoms with E-state index in [9.17, 15) is 0 Å². The Kier molecular flexibility index (Phi) is 8.07. The van der Waals surface area contributed by atoms with Crippen molar-refractivity contribution in [2.75, 3.05) is 18.5 Å². The van der Waals surface area contributed by atoms with Crippen molar-refractivity contribution < 1.29 is 4.84 Å².